The number of hydrogen-bond acceptors (Lipinski definition) is 4. The van der Waals surface area contributed by atoms with E-state index >= 15 is 0 Å². The molecule has 0 radical (unpaired) electrons. The average Bonchev–Trinajstić information content (AvgIpc) is 2.71. The van der Waals surface area contributed by atoms with Crippen LogP contribution in [-0.2, 0) is 23.1 Å². The molecule has 2 heterocycles. The number of carboxylic acids is 1. The summed E-state index contributed by atoms with van der Waals surface area (Å²) >= 11 is 0. The largest absolute Gasteiger partial charge is 0.479 e. The highest BCUT2D eigenvalue weighted by atomic mass is 16.5. The molecule has 0 aliphatic carbocycles. The SMILES string of the molecule is COC1(C(=O)O)CCN(Cc2cnn(C)c2C)CC1. The van der Waals surface area contributed by atoms with Crippen LogP contribution in [0.4, 0.5) is 0 Å². The van der Waals surface area contributed by atoms with Crippen LogP contribution in [-0.4, -0.2) is 51.6 Å². The molecule has 19 heavy (non-hydrogen) atoms. The number of rotatable bonds is 4. The highest BCUT2D eigenvalue weighted by Crippen LogP contribution is 2.27. The molecule has 1 aromatic rings. The van der Waals surface area contributed by atoms with Crippen molar-refractivity contribution in [3.8, 4) is 0 Å². The average molecular weight is 267 g/mol. The maximum atomic E-state index is 11.3. The Bertz CT molecular complexity index is 462. The second-order valence-corrected chi connectivity index (χ2v) is 5.16. The molecule has 0 spiro atoms. The molecule has 1 aliphatic heterocycles. The van der Waals surface area contributed by atoms with Crippen molar-refractivity contribution < 1.29 is 14.6 Å². The molecule has 2 rings (SSSR count). The summed E-state index contributed by atoms with van der Waals surface area (Å²) < 4.78 is 7.08. The molecule has 0 bridgehead atoms. The Morgan fingerprint density at radius 2 is 2.16 bits per heavy atom. The molecule has 6 nitrogen and oxygen atoms in total. The van der Waals surface area contributed by atoms with Crippen molar-refractivity contribution in [1.29, 1.82) is 0 Å². The van der Waals surface area contributed by atoms with Crippen molar-refractivity contribution >= 4 is 5.97 Å². The van der Waals surface area contributed by atoms with Gasteiger partial charge in [-0.3, -0.25) is 9.58 Å². The molecule has 0 atom stereocenters. The van der Waals surface area contributed by atoms with Gasteiger partial charge in [0.15, 0.2) is 5.60 Å². The molecule has 1 saturated heterocycles. The van der Waals surface area contributed by atoms with E-state index in [1.165, 1.54) is 12.7 Å². The number of ether oxygens (including phenoxy) is 1. The number of aromatic nitrogens is 2. The lowest BCUT2D eigenvalue weighted by Gasteiger charge is -2.37. The van der Waals surface area contributed by atoms with Crippen LogP contribution in [0.5, 0.6) is 0 Å². The molecule has 106 valence electrons. The van der Waals surface area contributed by atoms with Crippen LogP contribution < -0.4 is 0 Å². The molecule has 6 heteroatoms. The van der Waals surface area contributed by atoms with Gasteiger partial charge in [0.05, 0.1) is 6.20 Å². The van der Waals surface area contributed by atoms with Crippen LogP contribution >= 0.6 is 0 Å². The zero-order chi connectivity index (χ0) is 14.0. The number of piperidine rings is 1. The second kappa shape index (κ2) is 5.30. The van der Waals surface area contributed by atoms with Crippen molar-refractivity contribution in [1.82, 2.24) is 14.7 Å². The molecule has 1 fully saturated rings. The maximum absolute atomic E-state index is 11.3. The van der Waals surface area contributed by atoms with E-state index < -0.39 is 11.6 Å². The molecular formula is C13H21N3O3. The third kappa shape index (κ3) is 2.64. The minimum absolute atomic E-state index is 0.526. The summed E-state index contributed by atoms with van der Waals surface area (Å²) in [5.41, 5.74) is 1.35. The van der Waals surface area contributed by atoms with Gasteiger partial charge in [-0.15, -0.1) is 0 Å². The van der Waals surface area contributed by atoms with Gasteiger partial charge in [0.2, 0.25) is 0 Å². The lowest BCUT2D eigenvalue weighted by molar-refractivity contribution is -0.168. The molecule has 0 amide bonds. The Hall–Kier alpha value is -1.40. The van der Waals surface area contributed by atoms with Gasteiger partial charge in [0.25, 0.3) is 0 Å². The van der Waals surface area contributed by atoms with E-state index in [0.29, 0.717) is 12.8 Å². The van der Waals surface area contributed by atoms with Gasteiger partial charge in [0, 0.05) is 45.0 Å². The van der Waals surface area contributed by atoms with Crippen LogP contribution in [0.2, 0.25) is 0 Å². The highest BCUT2D eigenvalue weighted by Gasteiger charge is 2.41. The van der Waals surface area contributed by atoms with Crippen molar-refractivity contribution in [2.24, 2.45) is 7.05 Å². The third-order valence-electron chi connectivity index (χ3n) is 4.18. The normalized spacial score (nSPS) is 19.5. The number of aliphatic carboxylic acids is 1. The van der Waals surface area contributed by atoms with Gasteiger partial charge in [0.1, 0.15) is 0 Å². The van der Waals surface area contributed by atoms with E-state index in [4.69, 9.17) is 4.74 Å². The number of carbonyl (C=O) groups is 1. The van der Waals surface area contributed by atoms with Crippen molar-refractivity contribution in [2.75, 3.05) is 20.2 Å². The second-order valence-electron chi connectivity index (χ2n) is 5.16. The Balaban J connectivity index is 1.97. The summed E-state index contributed by atoms with van der Waals surface area (Å²) in [6.07, 6.45) is 2.93. The van der Waals surface area contributed by atoms with Crippen molar-refractivity contribution in [2.45, 2.75) is 31.9 Å². The van der Waals surface area contributed by atoms with Gasteiger partial charge in [-0.25, -0.2) is 4.79 Å². The molecule has 1 N–H and O–H groups in total. The van der Waals surface area contributed by atoms with Gasteiger partial charge in [-0.1, -0.05) is 0 Å². The van der Waals surface area contributed by atoms with Crippen molar-refractivity contribution in [3.05, 3.63) is 17.5 Å². The summed E-state index contributed by atoms with van der Waals surface area (Å²) in [6, 6.07) is 0. The summed E-state index contributed by atoms with van der Waals surface area (Å²) in [4.78, 5) is 13.5. The highest BCUT2D eigenvalue weighted by molar-refractivity contribution is 5.77. The van der Waals surface area contributed by atoms with Gasteiger partial charge < -0.3 is 9.84 Å². The smallest absolute Gasteiger partial charge is 0.336 e. The van der Waals surface area contributed by atoms with Crippen LogP contribution in [0.1, 0.15) is 24.1 Å². The van der Waals surface area contributed by atoms with E-state index in [2.05, 4.69) is 10.00 Å². The number of hydrogen-bond donors (Lipinski definition) is 1. The first kappa shape index (κ1) is 14.0. The first-order chi connectivity index (χ1) is 8.98. The van der Waals surface area contributed by atoms with E-state index in [-0.39, 0.29) is 0 Å². The Morgan fingerprint density at radius 3 is 2.58 bits per heavy atom. The first-order valence-corrected chi connectivity index (χ1v) is 6.47. The van der Waals surface area contributed by atoms with E-state index in [1.54, 1.807) is 0 Å². The van der Waals surface area contributed by atoms with E-state index in [1.807, 2.05) is 24.9 Å². The van der Waals surface area contributed by atoms with Crippen LogP contribution in [0.25, 0.3) is 0 Å². The number of methoxy groups -OCH3 is 1. The fraction of sp³-hybridized carbons (Fsp3) is 0.692. The molecule has 1 aromatic heterocycles. The summed E-state index contributed by atoms with van der Waals surface area (Å²) in [6.45, 7) is 4.32. The van der Waals surface area contributed by atoms with Gasteiger partial charge >= 0.3 is 5.97 Å². The summed E-state index contributed by atoms with van der Waals surface area (Å²) in [5.74, 6) is -0.854. The number of nitrogens with zero attached hydrogens (tertiary/aromatic N) is 3. The molecular weight excluding hydrogens is 246 g/mol. The number of aryl methyl sites for hydroxylation is 1. The lowest BCUT2D eigenvalue weighted by Crippen LogP contribution is -2.50. The fourth-order valence-corrected chi connectivity index (χ4v) is 2.52. The topological polar surface area (TPSA) is 67.6 Å². The fourth-order valence-electron chi connectivity index (χ4n) is 2.52. The molecule has 0 aromatic carbocycles. The summed E-state index contributed by atoms with van der Waals surface area (Å²) in [5, 5.41) is 13.5. The molecule has 1 aliphatic rings. The first-order valence-electron chi connectivity index (χ1n) is 6.47. The van der Waals surface area contributed by atoms with Crippen LogP contribution in [0.3, 0.4) is 0 Å². The summed E-state index contributed by atoms with van der Waals surface area (Å²) in [7, 11) is 3.41. The predicted molar refractivity (Wildman–Crippen MR) is 69.8 cm³/mol. The van der Waals surface area contributed by atoms with Crippen molar-refractivity contribution in [3.63, 3.8) is 0 Å². The van der Waals surface area contributed by atoms with Gasteiger partial charge in [-0.2, -0.15) is 5.10 Å². The van der Waals surface area contributed by atoms with E-state index in [0.717, 1.165) is 25.3 Å². The Labute approximate surface area is 113 Å². The third-order valence-corrected chi connectivity index (χ3v) is 4.18. The minimum atomic E-state index is -1.000. The monoisotopic (exact) mass is 267 g/mol. The van der Waals surface area contributed by atoms with Crippen LogP contribution in [0.15, 0.2) is 6.20 Å². The zero-order valence-corrected chi connectivity index (χ0v) is 11.7. The minimum Gasteiger partial charge on any atom is -0.479 e. The quantitative estimate of drug-likeness (QED) is 0.873. The molecule has 0 saturated carbocycles. The van der Waals surface area contributed by atoms with E-state index in [9.17, 15) is 9.90 Å². The standard InChI is InChI=1S/C13H21N3O3/c1-10-11(8-14-15(10)2)9-16-6-4-13(19-3,5-7-16)12(17)18/h8H,4-7,9H2,1-3H3,(H,17,18). The maximum Gasteiger partial charge on any atom is 0.336 e. The predicted octanol–water partition coefficient (Wildman–Crippen LogP) is 0.794. The number of carboxylic acid groups (broad SMARTS) is 1. The van der Waals surface area contributed by atoms with Crippen LogP contribution in [0, 0.1) is 6.92 Å². The Morgan fingerprint density at radius 1 is 1.53 bits per heavy atom. The number of likely N-dealkylation sites (tertiary alicyclic amines) is 1. The lowest BCUT2D eigenvalue weighted by atomic mass is 9.91. The Kier molecular flexibility index (Phi) is 3.91. The zero-order valence-electron chi connectivity index (χ0n) is 11.7. The van der Waals surface area contributed by atoms with Gasteiger partial charge in [-0.05, 0) is 19.8 Å². The molecule has 0 unspecified atom stereocenters.